The zero-order valence-corrected chi connectivity index (χ0v) is 18.8. The number of nitriles is 1. The van der Waals surface area contributed by atoms with Gasteiger partial charge in [-0.3, -0.25) is 14.2 Å². The quantitative estimate of drug-likeness (QED) is 0.297. The third kappa shape index (κ3) is 5.97. The Bertz CT molecular complexity index is 1330. The first-order chi connectivity index (χ1) is 15.3. The van der Waals surface area contributed by atoms with Gasteiger partial charge in [0.15, 0.2) is 5.57 Å². The summed E-state index contributed by atoms with van der Waals surface area (Å²) < 4.78 is 6.84. The molecular formula is C23H22N4O4S. The van der Waals surface area contributed by atoms with Crippen LogP contribution in [0.15, 0.2) is 53.5 Å². The van der Waals surface area contributed by atoms with Gasteiger partial charge in [-0.25, -0.2) is 4.79 Å². The van der Waals surface area contributed by atoms with Crippen LogP contribution < -0.4 is 25.0 Å². The number of thiazole rings is 1. The van der Waals surface area contributed by atoms with Crippen molar-refractivity contribution in [1.29, 1.82) is 5.26 Å². The summed E-state index contributed by atoms with van der Waals surface area (Å²) in [5.74, 6) is -0.932. The fourth-order valence-electron chi connectivity index (χ4n) is 2.49. The van der Waals surface area contributed by atoms with Gasteiger partial charge in [0.05, 0.1) is 0 Å². The molecule has 1 aromatic carbocycles. The molecule has 0 fully saturated rings. The molecule has 9 heteroatoms. The van der Waals surface area contributed by atoms with Crippen LogP contribution in [0.3, 0.4) is 0 Å². The van der Waals surface area contributed by atoms with Gasteiger partial charge < -0.3 is 15.0 Å². The Balaban J connectivity index is 2.49. The second-order valence-electron chi connectivity index (χ2n) is 6.35. The zero-order chi connectivity index (χ0) is 23.7. The number of esters is 1. The second kappa shape index (κ2) is 11.3. The number of carbonyl (C=O) groups is 2. The fraction of sp³-hybridized carbons (Fsp3) is 0.217. The van der Waals surface area contributed by atoms with E-state index in [0.717, 1.165) is 17.0 Å². The number of ether oxygens (including phenoxy) is 1. The highest BCUT2D eigenvalue weighted by Gasteiger charge is 2.10. The van der Waals surface area contributed by atoms with Crippen molar-refractivity contribution >= 4 is 46.1 Å². The van der Waals surface area contributed by atoms with Crippen LogP contribution >= 0.6 is 11.3 Å². The molecule has 1 heterocycles. The van der Waals surface area contributed by atoms with Gasteiger partial charge in [-0.15, -0.1) is 0 Å². The number of hydrogen-bond acceptors (Lipinski definition) is 7. The lowest BCUT2D eigenvalue weighted by Crippen LogP contribution is -2.30. The van der Waals surface area contributed by atoms with Crippen LogP contribution in [0.5, 0.6) is 0 Å². The number of rotatable bonds is 7. The van der Waals surface area contributed by atoms with E-state index in [0.29, 0.717) is 16.9 Å². The van der Waals surface area contributed by atoms with E-state index in [1.165, 1.54) is 28.7 Å². The van der Waals surface area contributed by atoms with Crippen LogP contribution in [0.1, 0.15) is 13.8 Å². The maximum Gasteiger partial charge on any atom is 0.357 e. The van der Waals surface area contributed by atoms with Crippen molar-refractivity contribution in [2.24, 2.45) is 0 Å². The molecule has 0 aliphatic heterocycles. The lowest BCUT2D eigenvalue weighted by atomic mass is 10.2. The largest absolute Gasteiger partial charge is 0.457 e. The zero-order valence-electron chi connectivity index (χ0n) is 18.0. The maximum absolute atomic E-state index is 12.7. The van der Waals surface area contributed by atoms with E-state index < -0.39 is 5.97 Å². The molecular weight excluding hydrogens is 428 g/mol. The number of carbonyl (C=O) groups excluding carboxylic acids is 2. The lowest BCUT2D eigenvalue weighted by molar-refractivity contribution is -0.137. The van der Waals surface area contributed by atoms with Crippen molar-refractivity contribution in [1.82, 2.24) is 4.57 Å². The predicted octanol–water partition coefficient (Wildman–Crippen LogP) is 1.48. The highest BCUT2D eigenvalue weighted by Crippen LogP contribution is 2.18. The fourth-order valence-corrected chi connectivity index (χ4v) is 3.48. The van der Waals surface area contributed by atoms with E-state index in [1.807, 2.05) is 6.07 Å². The van der Waals surface area contributed by atoms with Gasteiger partial charge in [0.1, 0.15) is 21.9 Å². The van der Waals surface area contributed by atoms with Gasteiger partial charge >= 0.3 is 5.97 Å². The molecule has 0 atom stereocenters. The van der Waals surface area contributed by atoms with E-state index >= 15 is 0 Å². The van der Waals surface area contributed by atoms with Crippen molar-refractivity contribution in [2.45, 2.75) is 20.4 Å². The van der Waals surface area contributed by atoms with Gasteiger partial charge in [-0.2, -0.15) is 5.26 Å². The molecule has 164 valence electrons. The van der Waals surface area contributed by atoms with Crippen LogP contribution in [-0.4, -0.2) is 30.1 Å². The van der Waals surface area contributed by atoms with Crippen LogP contribution in [0, 0.1) is 11.3 Å². The molecule has 2 aromatic rings. The Morgan fingerprint density at radius 2 is 2.16 bits per heavy atom. The van der Waals surface area contributed by atoms with Gasteiger partial charge in [0.25, 0.3) is 5.56 Å². The van der Waals surface area contributed by atoms with Gasteiger partial charge in [-0.1, -0.05) is 41.5 Å². The van der Waals surface area contributed by atoms with E-state index in [2.05, 4.69) is 23.4 Å². The molecule has 0 radical (unpaired) electrons. The minimum absolute atomic E-state index is 0.0342. The average Bonchev–Trinajstić information content (AvgIpc) is 3.09. The maximum atomic E-state index is 12.7. The monoisotopic (exact) mass is 450 g/mol. The molecule has 1 aromatic heterocycles. The summed E-state index contributed by atoms with van der Waals surface area (Å²) in [6.45, 7) is 6.98. The number of nitrogens with zero attached hydrogens (tertiary/aromatic N) is 3. The second-order valence-corrected chi connectivity index (χ2v) is 7.35. The molecule has 0 unspecified atom stereocenters. The van der Waals surface area contributed by atoms with Crippen LogP contribution in [0.2, 0.25) is 0 Å². The lowest BCUT2D eigenvalue weighted by Gasteiger charge is -2.15. The van der Waals surface area contributed by atoms with E-state index in [9.17, 15) is 19.6 Å². The molecule has 2 rings (SSSR count). The number of hydrogen-bond donors (Lipinski definition) is 1. The number of anilines is 2. The number of benzene rings is 1. The molecule has 32 heavy (non-hydrogen) atoms. The summed E-state index contributed by atoms with van der Waals surface area (Å²) in [6, 6.07) is 8.95. The molecule has 0 bridgehead atoms. The highest BCUT2D eigenvalue weighted by atomic mass is 32.1. The molecule has 0 spiro atoms. The molecule has 1 amide bonds. The Morgan fingerprint density at radius 1 is 1.41 bits per heavy atom. The van der Waals surface area contributed by atoms with Crippen molar-refractivity contribution < 1.29 is 14.3 Å². The third-order valence-electron chi connectivity index (χ3n) is 4.23. The van der Waals surface area contributed by atoms with Gasteiger partial charge in [-0.05, 0) is 25.1 Å². The van der Waals surface area contributed by atoms with Gasteiger partial charge in [0, 0.05) is 38.1 Å². The van der Waals surface area contributed by atoms with Crippen LogP contribution in [-0.2, 0) is 20.9 Å². The Kier molecular flexibility index (Phi) is 8.58. The number of aromatic nitrogens is 1. The minimum atomic E-state index is -0.839. The van der Waals surface area contributed by atoms with E-state index in [4.69, 9.17) is 4.74 Å². The molecule has 0 saturated heterocycles. The first-order valence-corrected chi connectivity index (χ1v) is 10.4. The normalized spacial score (nSPS) is 9.56. The number of amides is 1. The van der Waals surface area contributed by atoms with Crippen molar-refractivity contribution in [2.75, 3.05) is 23.9 Å². The summed E-state index contributed by atoms with van der Waals surface area (Å²) >= 11 is 1.05. The molecule has 8 nitrogen and oxygen atoms in total. The Morgan fingerprint density at radius 3 is 2.78 bits per heavy atom. The smallest absolute Gasteiger partial charge is 0.357 e. The van der Waals surface area contributed by atoms with Gasteiger partial charge in [0.2, 0.25) is 5.91 Å². The van der Waals surface area contributed by atoms with E-state index in [1.54, 1.807) is 38.2 Å². The third-order valence-corrected chi connectivity index (χ3v) is 5.24. The van der Waals surface area contributed by atoms with Crippen LogP contribution in [0.4, 0.5) is 11.4 Å². The summed E-state index contributed by atoms with van der Waals surface area (Å²) in [5.41, 5.74) is 6.33. The average molecular weight is 451 g/mol. The van der Waals surface area contributed by atoms with Crippen molar-refractivity contribution in [3.8, 4) is 6.07 Å². The summed E-state index contributed by atoms with van der Waals surface area (Å²) in [7, 11) is 1.68. The topological polar surface area (TPSA) is 104 Å². The van der Waals surface area contributed by atoms with E-state index in [-0.39, 0.29) is 28.2 Å². The summed E-state index contributed by atoms with van der Waals surface area (Å²) in [5, 5.41) is 12.3. The predicted molar refractivity (Wildman–Crippen MR) is 124 cm³/mol. The highest BCUT2D eigenvalue weighted by molar-refractivity contribution is 7.07. The first-order valence-electron chi connectivity index (χ1n) is 9.57. The first kappa shape index (κ1) is 24.2. The summed E-state index contributed by atoms with van der Waals surface area (Å²) in [4.78, 5) is 37.6. The number of nitrogens with one attached hydrogen (secondary N) is 1. The Labute approximate surface area is 189 Å². The van der Waals surface area contributed by atoms with Crippen molar-refractivity contribution in [3.05, 3.63) is 68.2 Å². The molecule has 1 N–H and O–H groups in total. The standard InChI is InChI=1S/C23H22N4O4S/c1-5-12-31-23(30)17(15-24)13-21-27(6-2)22(29)20(32-21)10-11-25-18-8-7-9-19(14-18)26(4)16(3)28/h5,7-9,11,14,25H,1,6,12H2,2-4H3. The summed E-state index contributed by atoms with van der Waals surface area (Å²) in [6.07, 6.45) is 2.87. The molecule has 0 aliphatic carbocycles. The van der Waals surface area contributed by atoms with Crippen molar-refractivity contribution in [3.63, 3.8) is 0 Å². The van der Waals surface area contributed by atoms with Crippen LogP contribution in [0.25, 0.3) is 11.5 Å². The molecule has 0 saturated carbocycles. The minimum Gasteiger partial charge on any atom is -0.457 e. The SMILES string of the molecule is C=CCOC(=O)C(=C=c1sc(=C=CNc2cccc(N(C)C(C)=O)c2)c(=O)n1CC)C#N. The molecule has 0 aliphatic rings. The Hall–Kier alpha value is -4.08.